The van der Waals surface area contributed by atoms with E-state index in [0.29, 0.717) is 12.8 Å². The van der Waals surface area contributed by atoms with Gasteiger partial charge in [0.15, 0.2) is 0 Å². The molecule has 3 rings (SSSR count). The van der Waals surface area contributed by atoms with Crippen LogP contribution in [-0.2, 0) is 14.3 Å². The molecule has 0 radical (unpaired) electrons. The molecule has 2 N–H and O–H groups in total. The van der Waals surface area contributed by atoms with Crippen molar-refractivity contribution in [3.63, 3.8) is 0 Å². The summed E-state index contributed by atoms with van der Waals surface area (Å²) in [7, 11) is 1.43. The Kier molecular flexibility index (Phi) is 6.45. The highest BCUT2D eigenvalue weighted by Gasteiger charge is 2.38. The molecule has 2 bridgehead atoms. The largest absolute Gasteiger partial charge is 0.491 e. The molecule has 2 aliphatic rings. The molecule has 1 aromatic rings. The zero-order valence-electron chi connectivity index (χ0n) is 15.7. The molecule has 2 heterocycles. The molecule has 28 heavy (non-hydrogen) atoms. The van der Waals surface area contributed by atoms with E-state index >= 15 is 0 Å². The third-order valence-corrected chi connectivity index (χ3v) is 4.96. The minimum atomic E-state index is -0.551. The topological polar surface area (TPSA) is 97.0 Å². The van der Waals surface area contributed by atoms with Gasteiger partial charge in [0.2, 0.25) is 11.8 Å². The van der Waals surface area contributed by atoms with Crippen LogP contribution in [-0.4, -0.2) is 68.1 Å². The van der Waals surface area contributed by atoms with Crippen LogP contribution >= 0.6 is 0 Å². The summed E-state index contributed by atoms with van der Waals surface area (Å²) in [4.78, 5) is 39.0. The first-order chi connectivity index (χ1) is 13.5. The summed E-state index contributed by atoms with van der Waals surface area (Å²) in [6.07, 6.45) is 1.49. The molecular formula is C19H24FN3O5. The Morgan fingerprint density at radius 3 is 2.86 bits per heavy atom. The monoisotopic (exact) mass is 393 g/mol. The van der Waals surface area contributed by atoms with Gasteiger partial charge in [-0.05, 0) is 31.0 Å². The Morgan fingerprint density at radius 1 is 1.29 bits per heavy atom. The third kappa shape index (κ3) is 4.59. The van der Waals surface area contributed by atoms with Crippen LogP contribution in [0.3, 0.4) is 0 Å². The van der Waals surface area contributed by atoms with Crippen LogP contribution in [0.2, 0.25) is 0 Å². The van der Waals surface area contributed by atoms with Gasteiger partial charge in [0.05, 0.1) is 12.1 Å². The number of amides is 3. The van der Waals surface area contributed by atoms with E-state index in [4.69, 9.17) is 9.47 Å². The first-order valence-corrected chi connectivity index (χ1v) is 9.27. The summed E-state index contributed by atoms with van der Waals surface area (Å²) in [5, 5.41) is 5.52. The smallest absolute Gasteiger partial charge is 0.255 e. The lowest BCUT2D eigenvalue weighted by atomic mass is 10.1. The fourth-order valence-corrected chi connectivity index (χ4v) is 3.72. The molecular weight excluding hydrogens is 369 g/mol. The van der Waals surface area contributed by atoms with Crippen molar-refractivity contribution in [2.24, 2.45) is 0 Å². The number of carbonyl (C=O) groups is 3. The summed E-state index contributed by atoms with van der Waals surface area (Å²) in [6.45, 7) is 0.476. The number of carbonyl (C=O) groups excluding carboxylic acids is 3. The maximum absolute atomic E-state index is 13.6. The van der Waals surface area contributed by atoms with Gasteiger partial charge in [0.1, 0.15) is 24.8 Å². The van der Waals surface area contributed by atoms with Crippen LogP contribution in [0.1, 0.15) is 29.6 Å². The molecule has 3 amide bonds. The summed E-state index contributed by atoms with van der Waals surface area (Å²) in [5.41, 5.74) is 0.0766. The Balaban J connectivity index is 1.85. The molecule has 2 atom stereocenters. The van der Waals surface area contributed by atoms with Crippen LogP contribution in [0.15, 0.2) is 18.2 Å². The molecule has 0 unspecified atom stereocenters. The van der Waals surface area contributed by atoms with Gasteiger partial charge in [0, 0.05) is 32.2 Å². The van der Waals surface area contributed by atoms with Crippen molar-refractivity contribution in [3.05, 3.63) is 29.6 Å². The van der Waals surface area contributed by atoms with Crippen LogP contribution in [0.5, 0.6) is 5.75 Å². The van der Waals surface area contributed by atoms with E-state index in [1.165, 1.54) is 19.2 Å². The van der Waals surface area contributed by atoms with E-state index < -0.39 is 11.7 Å². The average molecular weight is 393 g/mol. The SMILES string of the molecule is COCC(=O)N1[C@@H]2CC[C@H]1CC(=O)NCCOc1ccc(F)cc1C(=O)NC2. The number of hydrogen-bond acceptors (Lipinski definition) is 5. The van der Waals surface area contributed by atoms with Crippen molar-refractivity contribution in [2.75, 3.05) is 33.4 Å². The second-order valence-electron chi connectivity index (χ2n) is 6.87. The zero-order chi connectivity index (χ0) is 20.1. The van der Waals surface area contributed by atoms with Crippen LogP contribution < -0.4 is 15.4 Å². The lowest BCUT2D eigenvalue weighted by Crippen LogP contribution is -2.49. The molecule has 0 aliphatic carbocycles. The zero-order valence-corrected chi connectivity index (χ0v) is 15.7. The van der Waals surface area contributed by atoms with E-state index in [0.717, 1.165) is 6.07 Å². The molecule has 2 aliphatic heterocycles. The molecule has 0 saturated carbocycles. The second kappa shape index (κ2) is 9.01. The maximum Gasteiger partial charge on any atom is 0.255 e. The quantitative estimate of drug-likeness (QED) is 0.761. The predicted octanol–water partition coefficient (Wildman–Crippen LogP) is 0.460. The number of rotatable bonds is 2. The van der Waals surface area contributed by atoms with Crippen molar-refractivity contribution in [3.8, 4) is 5.75 Å². The van der Waals surface area contributed by atoms with Crippen LogP contribution in [0.25, 0.3) is 0 Å². The first kappa shape index (κ1) is 20.1. The molecule has 0 aromatic heterocycles. The number of benzene rings is 1. The summed E-state index contributed by atoms with van der Waals surface area (Å²) in [6, 6.07) is 3.20. The highest BCUT2D eigenvalue weighted by atomic mass is 19.1. The van der Waals surface area contributed by atoms with E-state index in [-0.39, 0.29) is 67.9 Å². The standard InChI is InChI=1S/C19H24FN3O5/c1-27-11-18(25)23-13-3-4-14(23)10-22-19(26)15-8-12(20)2-5-16(15)28-7-6-21-17(24)9-13/h2,5,8,13-14H,3-4,6-7,9-11H2,1H3,(H,21,24)(H,22,26)/t13-,14+/m0/s1. The maximum atomic E-state index is 13.6. The molecule has 0 spiro atoms. The summed E-state index contributed by atoms with van der Waals surface area (Å²) in [5.74, 6) is -1.19. The molecule has 8 nitrogen and oxygen atoms in total. The van der Waals surface area contributed by atoms with Crippen molar-refractivity contribution in [1.29, 1.82) is 0 Å². The highest BCUT2D eigenvalue weighted by Crippen LogP contribution is 2.27. The molecule has 1 saturated heterocycles. The number of nitrogens with one attached hydrogen (secondary N) is 2. The van der Waals surface area contributed by atoms with Crippen molar-refractivity contribution >= 4 is 17.7 Å². The minimum absolute atomic E-state index is 0.0766. The Morgan fingerprint density at radius 2 is 2.07 bits per heavy atom. The predicted molar refractivity (Wildman–Crippen MR) is 97.4 cm³/mol. The van der Waals surface area contributed by atoms with Gasteiger partial charge in [-0.3, -0.25) is 14.4 Å². The molecule has 1 fully saturated rings. The van der Waals surface area contributed by atoms with E-state index in [1.54, 1.807) is 4.90 Å². The van der Waals surface area contributed by atoms with E-state index in [1.807, 2.05) is 0 Å². The van der Waals surface area contributed by atoms with E-state index in [2.05, 4.69) is 10.6 Å². The molecule has 152 valence electrons. The highest BCUT2D eigenvalue weighted by molar-refractivity contribution is 5.97. The second-order valence-corrected chi connectivity index (χ2v) is 6.87. The number of halogens is 1. The van der Waals surface area contributed by atoms with Gasteiger partial charge in [-0.2, -0.15) is 0 Å². The Hall–Kier alpha value is -2.68. The Labute approximate surface area is 162 Å². The summed E-state index contributed by atoms with van der Waals surface area (Å²) >= 11 is 0. The van der Waals surface area contributed by atoms with Crippen LogP contribution in [0.4, 0.5) is 4.39 Å². The number of nitrogens with zero attached hydrogens (tertiary/aromatic N) is 1. The van der Waals surface area contributed by atoms with Gasteiger partial charge in [0.25, 0.3) is 5.91 Å². The van der Waals surface area contributed by atoms with Crippen LogP contribution in [0, 0.1) is 5.82 Å². The van der Waals surface area contributed by atoms with Gasteiger partial charge >= 0.3 is 0 Å². The van der Waals surface area contributed by atoms with Gasteiger partial charge in [-0.1, -0.05) is 0 Å². The van der Waals surface area contributed by atoms with Gasteiger partial charge in [-0.15, -0.1) is 0 Å². The number of fused-ring (bicyclic) bond motifs is 3. The lowest BCUT2D eigenvalue weighted by molar-refractivity contribution is -0.138. The Bertz CT molecular complexity index is 757. The number of ether oxygens (including phenoxy) is 2. The normalized spacial score (nSPS) is 23.1. The minimum Gasteiger partial charge on any atom is -0.491 e. The first-order valence-electron chi connectivity index (χ1n) is 9.27. The fraction of sp³-hybridized carbons (Fsp3) is 0.526. The average Bonchev–Trinajstić information content (AvgIpc) is 3.06. The fourth-order valence-electron chi connectivity index (χ4n) is 3.72. The number of methoxy groups -OCH3 is 1. The third-order valence-electron chi connectivity index (χ3n) is 4.96. The van der Waals surface area contributed by atoms with Gasteiger partial charge in [-0.25, -0.2) is 4.39 Å². The molecule has 1 aromatic carbocycles. The lowest BCUT2D eigenvalue weighted by Gasteiger charge is -2.30. The molecule has 9 heteroatoms. The van der Waals surface area contributed by atoms with Crippen molar-refractivity contribution < 1.29 is 28.2 Å². The van der Waals surface area contributed by atoms with Crippen molar-refractivity contribution in [1.82, 2.24) is 15.5 Å². The van der Waals surface area contributed by atoms with E-state index in [9.17, 15) is 18.8 Å². The number of hydrogen-bond donors (Lipinski definition) is 2. The summed E-state index contributed by atoms with van der Waals surface area (Å²) < 4.78 is 24.1. The van der Waals surface area contributed by atoms with Gasteiger partial charge < -0.3 is 25.0 Å². The van der Waals surface area contributed by atoms with Crippen molar-refractivity contribution in [2.45, 2.75) is 31.3 Å².